The van der Waals surface area contributed by atoms with E-state index in [4.69, 9.17) is 16.7 Å². The highest BCUT2D eigenvalue weighted by molar-refractivity contribution is 6.32. The molecule has 0 fully saturated rings. The van der Waals surface area contributed by atoms with Gasteiger partial charge in [0.2, 0.25) is 0 Å². The molecular weight excluding hydrogens is 256 g/mol. The molecule has 0 aliphatic heterocycles. The fraction of sp³-hybridized carbons (Fsp3) is 0.444. The Balaban J connectivity index is 2.86. The second-order valence-electron chi connectivity index (χ2n) is 3.22. The summed E-state index contributed by atoms with van der Waals surface area (Å²) in [5.41, 5.74) is -0.0290. The van der Waals surface area contributed by atoms with Crippen molar-refractivity contribution >= 4 is 23.7 Å². The molecule has 0 amide bonds. The van der Waals surface area contributed by atoms with Crippen LogP contribution in [-0.4, -0.2) is 40.4 Å². The number of nitrogens with one attached hydrogen (secondary N) is 1. The number of hydrogen-bond acceptors (Lipinski definition) is 5. The van der Waals surface area contributed by atoms with Crippen LogP contribution in [0.4, 0.5) is 14.6 Å². The van der Waals surface area contributed by atoms with E-state index in [0.29, 0.717) is 6.29 Å². The number of carbonyl (C=O) groups excluding carboxylic acids is 1. The predicted octanol–water partition coefficient (Wildman–Crippen LogP) is 1.29. The first-order valence-electron chi connectivity index (χ1n) is 4.65. The van der Waals surface area contributed by atoms with Crippen LogP contribution >= 0.6 is 11.6 Å². The molecule has 1 rings (SSSR count). The number of halogens is 3. The Kier molecular flexibility index (Phi) is 4.71. The third-order valence-electron chi connectivity index (χ3n) is 1.90. The Bertz CT molecular complexity index is 417. The number of anilines is 1. The molecule has 0 saturated carbocycles. The second-order valence-corrected chi connectivity index (χ2v) is 3.58. The normalized spacial score (nSPS) is 12.6. The monoisotopic (exact) mass is 265 g/mol. The maximum Gasteiger partial charge on any atom is 0.265 e. The van der Waals surface area contributed by atoms with E-state index in [1.807, 2.05) is 0 Å². The van der Waals surface area contributed by atoms with E-state index in [2.05, 4.69) is 15.3 Å². The third-order valence-corrected chi connectivity index (χ3v) is 2.19. The van der Waals surface area contributed by atoms with Gasteiger partial charge in [0.1, 0.15) is 22.9 Å². The second kappa shape index (κ2) is 5.83. The number of aldehydes is 1. The van der Waals surface area contributed by atoms with E-state index in [1.54, 1.807) is 0 Å². The van der Waals surface area contributed by atoms with Gasteiger partial charge in [0.25, 0.3) is 6.43 Å². The van der Waals surface area contributed by atoms with E-state index in [-0.39, 0.29) is 22.4 Å². The number of aromatic nitrogens is 2. The number of rotatable bonds is 5. The molecule has 1 atom stereocenters. The number of aliphatic hydroxyl groups is 1. The molecule has 0 radical (unpaired) electrons. The first-order valence-corrected chi connectivity index (χ1v) is 5.03. The van der Waals surface area contributed by atoms with Crippen LogP contribution in [0.1, 0.15) is 16.2 Å². The van der Waals surface area contributed by atoms with Gasteiger partial charge in [-0.25, -0.2) is 18.7 Å². The van der Waals surface area contributed by atoms with Crippen LogP contribution < -0.4 is 5.32 Å². The summed E-state index contributed by atoms with van der Waals surface area (Å²) in [6.07, 6.45) is -4.30. The van der Waals surface area contributed by atoms with Gasteiger partial charge in [-0.1, -0.05) is 11.6 Å². The van der Waals surface area contributed by atoms with E-state index < -0.39 is 19.1 Å². The quantitative estimate of drug-likeness (QED) is 0.620. The number of carbonyl (C=O) groups is 1. The average molecular weight is 266 g/mol. The number of hydrogen-bond donors (Lipinski definition) is 2. The lowest BCUT2D eigenvalue weighted by atomic mass is 10.3. The van der Waals surface area contributed by atoms with Crippen molar-refractivity contribution in [2.24, 2.45) is 0 Å². The molecule has 94 valence electrons. The number of aliphatic hydroxyl groups excluding tert-OH is 1. The largest absolute Gasteiger partial charge is 0.385 e. The molecule has 1 aromatic rings. The highest BCUT2D eigenvalue weighted by Crippen LogP contribution is 2.19. The smallest absolute Gasteiger partial charge is 0.265 e. The Morgan fingerprint density at radius 3 is 2.71 bits per heavy atom. The Morgan fingerprint density at radius 2 is 2.18 bits per heavy atom. The van der Waals surface area contributed by atoms with E-state index in [9.17, 15) is 13.6 Å². The van der Waals surface area contributed by atoms with Gasteiger partial charge in [0.05, 0.1) is 5.56 Å². The lowest BCUT2D eigenvalue weighted by molar-refractivity contribution is 0.00380. The van der Waals surface area contributed by atoms with Crippen LogP contribution in [-0.2, 0) is 0 Å². The SMILES string of the molecule is Cc1nc(Cl)c(C=O)c(NCC(O)C(F)F)n1. The van der Waals surface area contributed by atoms with E-state index in [0.717, 1.165) is 0 Å². The lowest BCUT2D eigenvalue weighted by Crippen LogP contribution is -2.27. The molecule has 5 nitrogen and oxygen atoms in total. The Labute approximate surface area is 101 Å². The molecule has 0 spiro atoms. The average Bonchev–Trinajstić information content (AvgIpc) is 2.24. The minimum absolute atomic E-state index is 0.0252. The molecule has 1 unspecified atom stereocenters. The van der Waals surface area contributed by atoms with Crippen LogP contribution in [0.15, 0.2) is 0 Å². The first kappa shape index (κ1) is 13.7. The molecule has 17 heavy (non-hydrogen) atoms. The van der Waals surface area contributed by atoms with Crippen LogP contribution in [0.25, 0.3) is 0 Å². The fourth-order valence-corrected chi connectivity index (χ4v) is 1.33. The molecule has 0 saturated heterocycles. The number of aryl methyl sites for hydroxylation is 1. The maximum absolute atomic E-state index is 12.1. The lowest BCUT2D eigenvalue weighted by Gasteiger charge is -2.13. The topological polar surface area (TPSA) is 75.1 Å². The fourth-order valence-electron chi connectivity index (χ4n) is 1.08. The van der Waals surface area contributed by atoms with Crippen molar-refractivity contribution in [1.82, 2.24) is 9.97 Å². The van der Waals surface area contributed by atoms with Crippen molar-refractivity contribution < 1.29 is 18.7 Å². The summed E-state index contributed by atoms with van der Waals surface area (Å²) < 4.78 is 24.1. The van der Waals surface area contributed by atoms with Gasteiger partial charge in [-0.3, -0.25) is 4.79 Å². The van der Waals surface area contributed by atoms with Crippen molar-refractivity contribution in [3.05, 3.63) is 16.5 Å². The van der Waals surface area contributed by atoms with Crippen molar-refractivity contribution in [3.8, 4) is 0 Å². The summed E-state index contributed by atoms with van der Waals surface area (Å²) in [6, 6.07) is 0. The number of nitrogens with zero attached hydrogens (tertiary/aromatic N) is 2. The van der Waals surface area contributed by atoms with Gasteiger partial charge in [-0.15, -0.1) is 0 Å². The molecule has 0 aliphatic carbocycles. The van der Waals surface area contributed by atoms with Crippen molar-refractivity contribution in [3.63, 3.8) is 0 Å². The summed E-state index contributed by atoms with van der Waals surface area (Å²) in [7, 11) is 0. The van der Waals surface area contributed by atoms with Gasteiger partial charge >= 0.3 is 0 Å². The number of alkyl halides is 2. The van der Waals surface area contributed by atoms with Gasteiger partial charge in [-0.05, 0) is 6.92 Å². The van der Waals surface area contributed by atoms with Gasteiger partial charge in [0.15, 0.2) is 6.29 Å². The molecule has 0 aromatic carbocycles. The zero-order valence-corrected chi connectivity index (χ0v) is 9.58. The van der Waals surface area contributed by atoms with Crippen LogP contribution in [0.5, 0.6) is 0 Å². The first-order chi connectivity index (χ1) is 7.95. The van der Waals surface area contributed by atoms with Gasteiger partial charge in [0, 0.05) is 6.54 Å². The summed E-state index contributed by atoms with van der Waals surface area (Å²) in [6.45, 7) is 1.10. The van der Waals surface area contributed by atoms with E-state index in [1.165, 1.54) is 6.92 Å². The summed E-state index contributed by atoms with van der Waals surface area (Å²) in [4.78, 5) is 18.3. The maximum atomic E-state index is 12.1. The minimum atomic E-state index is -2.87. The summed E-state index contributed by atoms with van der Waals surface area (Å²) in [5, 5.41) is 11.3. The van der Waals surface area contributed by atoms with Crippen molar-refractivity contribution in [2.75, 3.05) is 11.9 Å². The molecule has 1 heterocycles. The standard InChI is InChI=1S/C9H10ClF2N3O2/c1-4-14-7(10)5(3-16)9(15-4)13-2-6(17)8(11)12/h3,6,8,17H,2H2,1H3,(H,13,14,15). The van der Waals surface area contributed by atoms with Crippen LogP contribution in [0.3, 0.4) is 0 Å². The molecule has 0 bridgehead atoms. The summed E-state index contributed by atoms with van der Waals surface area (Å²) in [5.74, 6) is 0.312. The third kappa shape index (κ3) is 3.57. The molecule has 0 aliphatic rings. The predicted molar refractivity (Wildman–Crippen MR) is 57.7 cm³/mol. The van der Waals surface area contributed by atoms with Crippen LogP contribution in [0.2, 0.25) is 5.15 Å². The van der Waals surface area contributed by atoms with E-state index >= 15 is 0 Å². The minimum Gasteiger partial charge on any atom is -0.385 e. The van der Waals surface area contributed by atoms with Crippen molar-refractivity contribution in [2.45, 2.75) is 19.5 Å². The van der Waals surface area contributed by atoms with Gasteiger partial charge in [-0.2, -0.15) is 0 Å². The highest BCUT2D eigenvalue weighted by Gasteiger charge is 2.18. The highest BCUT2D eigenvalue weighted by atomic mass is 35.5. The zero-order chi connectivity index (χ0) is 13.0. The molecule has 8 heteroatoms. The molecular formula is C9H10ClF2N3O2. The Morgan fingerprint density at radius 1 is 1.53 bits per heavy atom. The van der Waals surface area contributed by atoms with Crippen molar-refractivity contribution in [1.29, 1.82) is 0 Å². The Hall–Kier alpha value is -1.34. The zero-order valence-electron chi connectivity index (χ0n) is 8.82. The molecule has 2 N–H and O–H groups in total. The molecule has 1 aromatic heterocycles. The van der Waals surface area contributed by atoms with Crippen LogP contribution in [0, 0.1) is 6.92 Å². The van der Waals surface area contributed by atoms with Gasteiger partial charge < -0.3 is 10.4 Å². The summed E-state index contributed by atoms with van der Waals surface area (Å²) >= 11 is 5.68.